The van der Waals surface area contributed by atoms with Gasteiger partial charge in [0.05, 0.1) is 16.1 Å². The number of likely N-dealkylation sites (N-methyl/N-ethyl adjacent to an activating group) is 1. The van der Waals surface area contributed by atoms with Crippen LogP contribution in [0.3, 0.4) is 0 Å². The summed E-state index contributed by atoms with van der Waals surface area (Å²) in [6.07, 6.45) is -4.53. The molecular formula is C22H24ClF4N3O2. The average molecular weight is 474 g/mol. The number of benzene rings is 2. The van der Waals surface area contributed by atoms with Crippen molar-refractivity contribution < 1.29 is 27.2 Å². The number of rotatable bonds is 9. The Labute approximate surface area is 188 Å². The number of hydrogen-bond acceptors (Lipinski definition) is 3. The first kappa shape index (κ1) is 25.6. The van der Waals surface area contributed by atoms with Crippen LogP contribution in [0.15, 0.2) is 42.5 Å². The number of hydrogen-bond donors (Lipinski definition) is 1. The Morgan fingerprint density at radius 2 is 1.78 bits per heavy atom. The molecule has 1 N–H and O–H groups in total. The normalized spacial score (nSPS) is 11.5. The maximum absolute atomic E-state index is 13.1. The SMILES string of the molecule is CN(C)CCN(Cc1cccc(C(F)(F)F)c1)C(=O)CCNC(=O)c1ccc(F)cc1Cl. The summed E-state index contributed by atoms with van der Waals surface area (Å²) in [5.41, 5.74) is -0.346. The molecule has 0 aromatic heterocycles. The summed E-state index contributed by atoms with van der Waals surface area (Å²) in [7, 11) is 3.64. The molecule has 0 unspecified atom stereocenters. The van der Waals surface area contributed by atoms with Crippen LogP contribution in [0.2, 0.25) is 5.02 Å². The van der Waals surface area contributed by atoms with Gasteiger partial charge in [-0.25, -0.2) is 4.39 Å². The molecule has 10 heteroatoms. The molecule has 2 aromatic rings. The molecule has 0 fully saturated rings. The van der Waals surface area contributed by atoms with Crippen molar-refractivity contribution in [3.63, 3.8) is 0 Å². The van der Waals surface area contributed by atoms with E-state index in [4.69, 9.17) is 11.6 Å². The lowest BCUT2D eigenvalue weighted by molar-refractivity contribution is -0.137. The molecule has 2 amide bonds. The zero-order chi connectivity index (χ0) is 23.9. The van der Waals surface area contributed by atoms with E-state index in [-0.39, 0.29) is 36.0 Å². The molecule has 0 aliphatic carbocycles. The second-order valence-electron chi connectivity index (χ2n) is 7.45. The van der Waals surface area contributed by atoms with Gasteiger partial charge in [0.1, 0.15) is 5.82 Å². The molecule has 0 spiro atoms. The van der Waals surface area contributed by atoms with Gasteiger partial charge in [0.2, 0.25) is 5.91 Å². The third kappa shape index (κ3) is 7.80. The van der Waals surface area contributed by atoms with Gasteiger partial charge in [0, 0.05) is 32.6 Å². The fourth-order valence-electron chi connectivity index (χ4n) is 2.89. The van der Waals surface area contributed by atoms with E-state index in [0.29, 0.717) is 18.7 Å². The molecule has 2 rings (SSSR count). The third-order valence-electron chi connectivity index (χ3n) is 4.60. The molecule has 0 saturated carbocycles. The number of alkyl halides is 3. The third-order valence-corrected chi connectivity index (χ3v) is 4.91. The van der Waals surface area contributed by atoms with Crippen molar-refractivity contribution in [2.24, 2.45) is 0 Å². The summed E-state index contributed by atoms with van der Waals surface area (Å²) in [6, 6.07) is 8.19. The van der Waals surface area contributed by atoms with Crippen LogP contribution < -0.4 is 5.32 Å². The van der Waals surface area contributed by atoms with Gasteiger partial charge in [0.15, 0.2) is 0 Å². The van der Waals surface area contributed by atoms with E-state index >= 15 is 0 Å². The van der Waals surface area contributed by atoms with Crippen LogP contribution in [0.5, 0.6) is 0 Å². The second kappa shape index (κ2) is 11.3. The van der Waals surface area contributed by atoms with Gasteiger partial charge in [-0.3, -0.25) is 9.59 Å². The Bertz CT molecular complexity index is 951. The highest BCUT2D eigenvalue weighted by Gasteiger charge is 2.30. The van der Waals surface area contributed by atoms with Crippen molar-refractivity contribution >= 4 is 23.4 Å². The molecule has 0 radical (unpaired) electrons. The fourth-order valence-corrected chi connectivity index (χ4v) is 3.14. The Hall–Kier alpha value is -2.65. The molecule has 2 aromatic carbocycles. The molecule has 0 aliphatic rings. The number of amides is 2. The van der Waals surface area contributed by atoms with Crippen molar-refractivity contribution in [1.82, 2.24) is 15.1 Å². The van der Waals surface area contributed by atoms with E-state index in [1.165, 1.54) is 23.1 Å². The Morgan fingerprint density at radius 3 is 2.41 bits per heavy atom. The minimum atomic E-state index is -4.47. The van der Waals surface area contributed by atoms with Crippen molar-refractivity contribution in [3.05, 3.63) is 70.0 Å². The first-order valence-electron chi connectivity index (χ1n) is 9.79. The maximum atomic E-state index is 13.1. The zero-order valence-corrected chi connectivity index (χ0v) is 18.4. The standard InChI is InChI=1S/C22H24ClF4N3O2/c1-29(2)10-11-30(14-15-4-3-5-16(12-15)22(25,26)27)20(31)8-9-28-21(32)18-7-6-17(24)13-19(18)23/h3-7,12-13H,8-11,14H2,1-2H3,(H,28,32). The highest BCUT2D eigenvalue weighted by molar-refractivity contribution is 6.33. The quantitative estimate of drug-likeness (QED) is 0.555. The highest BCUT2D eigenvalue weighted by atomic mass is 35.5. The lowest BCUT2D eigenvalue weighted by atomic mass is 10.1. The molecule has 5 nitrogen and oxygen atoms in total. The summed E-state index contributed by atoms with van der Waals surface area (Å²) in [6.45, 7) is 0.822. The lowest BCUT2D eigenvalue weighted by Crippen LogP contribution is -2.38. The summed E-state index contributed by atoms with van der Waals surface area (Å²) in [5, 5.41) is 2.50. The van der Waals surface area contributed by atoms with Crippen molar-refractivity contribution in [1.29, 1.82) is 0 Å². The van der Waals surface area contributed by atoms with E-state index < -0.39 is 23.5 Å². The van der Waals surface area contributed by atoms with Gasteiger partial charge in [0.25, 0.3) is 5.91 Å². The minimum absolute atomic E-state index is 0.00751. The van der Waals surface area contributed by atoms with Crippen molar-refractivity contribution in [2.45, 2.75) is 19.1 Å². The fraction of sp³-hybridized carbons (Fsp3) is 0.364. The zero-order valence-electron chi connectivity index (χ0n) is 17.7. The smallest absolute Gasteiger partial charge is 0.351 e. The molecule has 0 heterocycles. The number of halogens is 5. The van der Waals surface area contributed by atoms with Crippen molar-refractivity contribution in [2.75, 3.05) is 33.7 Å². The predicted octanol–water partition coefficient (Wildman–Crippen LogP) is 4.21. The molecule has 174 valence electrons. The van der Waals surface area contributed by atoms with Crippen LogP contribution in [-0.4, -0.2) is 55.3 Å². The van der Waals surface area contributed by atoms with Crippen LogP contribution in [0.25, 0.3) is 0 Å². The Kier molecular flexibility index (Phi) is 9.03. The van der Waals surface area contributed by atoms with Gasteiger partial charge in [-0.2, -0.15) is 13.2 Å². The van der Waals surface area contributed by atoms with Crippen LogP contribution in [0.1, 0.15) is 27.9 Å². The largest absolute Gasteiger partial charge is 0.416 e. The highest BCUT2D eigenvalue weighted by Crippen LogP contribution is 2.29. The number of carbonyl (C=O) groups is 2. The maximum Gasteiger partial charge on any atom is 0.416 e. The van der Waals surface area contributed by atoms with Crippen LogP contribution in [-0.2, 0) is 17.5 Å². The second-order valence-corrected chi connectivity index (χ2v) is 7.85. The van der Waals surface area contributed by atoms with Crippen LogP contribution in [0, 0.1) is 5.82 Å². The predicted molar refractivity (Wildman–Crippen MR) is 114 cm³/mol. The minimum Gasteiger partial charge on any atom is -0.351 e. The average Bonchev–Trinajstić information content (AvgIpc) is 2.70. The molecule has 0 aliphatic heterocycles. The van der Waals surface area contributed by atoms with Gasteiger partial charge in [-0.15, -0.1) is 0 Å². The van der Waals surface area contributed by atoms with Gasteiger partial charge < -0.3 is 15.1 Å². The molecule has 0 saturated heterocycles. The van der Waals surface area contributed by atoms with Crippen LogP contribution >= 0.6 is 11.6 Å². The van der Waals surface area contributed by atoms with Gasteiger partial charge >= 0.3 is 6.18 Å². The summed E-state index contributed by atoms with van der Waals surface area (Å²) >= 11 is 5.86. The molecule has 0 atom stereocenters. The van der Waals surface area contributed by atoms with E-state index in [1.807, 2.05) is 19.0 Å². The number of nitrogens with zero attached hydrogens (tertiary/aromatic N) is 2. The Balaban J connectivity index is 2.02. The molecular weight excluding hydrogens is 450 g/mol. The molecule has 0 bridgehead atoms. The monoisotopic (exact) mass is 473 g/mol. The van der Waals surface area contributed by atoms with E-state index in [2.05, 4.69) is 5.32 Å². The van der Waals surface area contributed by atoms with E-state index in [9.17, 15) is 27.2 Å². The first-order chi connectivity index (χ1) is 15.0. The molecule has 32 heavy (non-hydrogen) atoms. The van der Waals surface area contributed by atoms with Gasteiger partial charge in [-0.05, 0) is 50.0 Å². The summed E-state index contributed by atoms with van der Waals surface area (Å²) in [4.78, 5) is 28.2. The van der Waals surface area contributed by atoms with E-state index in [1.54, 1.807) is 0 Å². The van der Waals surface area contributed by atoms with Crippen LogP contribution in [0.4, 0.5) is 17.6 Å². The summed E-state index contributed by atoms with van der Waals surface area (Å²) < 4.78 is 52.1. The van der Waals surface area contributed by atoms with E-state index in [0.717, 1.165) is 24.3 Å². The van der Waals surface area contributed by atoms with Crippen molar-refractivity contribution in [3.8, 4) is 0 Å². The Morgan fingerprint density at radius 1 is 1.06 bits per heavy atom. The summed E-state index contributed by atoms with van der Waals surface area (Å²) in [5.74, 6) is -1.46. The topological polar surface area (TPSA) is 52.6 Å². The first-order valence-corrected chi connectivity index (χ1v) is 10.2. The van der Waals surface area contributed by atoms with Gasteiger partial charge in [-0.1, -0.05) is 23.7 Å². The lowest BCUT2D eigenvalue weighted by Gasteiger charge is -2.25. The number of nitrogens with one attached hydrogen (secondary N) is 1. The number of carbonyl (C=O) groups excluding carboxylic acids is 2.